The Morgan fingerprint density at radius 2 is 2.00 bits per heavy atom. The molecule has 1 aromatic rings. The van der Waals surface area contributed by atoms with Crippen molar-refractivity contribution in [3.8, 4) is 0 Å². The summed E-state index contributed by atoms with van der Waals surface area (Å²) in [6.45, 7) is 6.42. The number of benzene rings is 1. The van der Waals surface area contributed by atoms with Gasteiger partial charge in [0.2, 0.25) is 0 Å². The van der Waals surface area contributed by atoms with Crippen LogP contribution >= 0.6 is 23.2 Å². The highest BCUT2D eigenvalue weighted by atomic mass is 35.5. The fourth-order valence-electron chi connectivity index (χ4n) is 1.54. The van der Waals surface area contributed by atoms with Gasteiger partial charge in [-0.2, -0.15) is 0 Å². The fourth-order valence-corrected chi connectivity index (χ4v) is 1.91. The van der Waals surface area contributed by atoms with Crippen molar-refractivity contribution in [1.29, 1.82) is 0 Å². The normalized spacial score (nSPS) is 13.2. The Morgan fingerprint density at radius 1 is 1.39 bits per heavy atom. The first-order valence-electron chi connectivity index (χ1n) is 5.71. The van der Waals surface area contributed by atoms with Gasteiger partial charge in [-0.1, -0.05) is 44.0 Å². The van der Waals surface area contributed by atoms with Crippen molar-refractivity contribution >= 4 is 29.1 Å². The van der Waals surface area contributed by atoms with Gasteiger partial charge < -0.3 is 11.1 Å². The van der Waals surface area contributed by atoms with Crippen molar-refractivity contribution in [3.63, 3.8) is 0 Å². The Morgan fingerprint density at radius 3 is 2.50 bits per heavy atom. The Balaban J connectivity index is 2.91. The van der Waals surface area contributed by atoms with Crippen LogP contribution in [0.25, 0.3) is 0 Å². The average Bonchev–Trinajstić information content (AvgIpc) is 2.27. The quantitative estimate of drug-likeness (QED) is 0.898. The zero-order valence-corrected chi connectivity index (χ0v) is 12.3. The van der Waals surface area contributed by atoms with Crippen molar-refractivity contribution in [2.45, 2.75) is 26.8 Å². The second-order valence-corrected chi connectivity index (χ2v) is 6.10. The molecule has 0 aliphatic carbocycles. The van der Waals surface area contributed by atoms with Crippen LogP contribution in [-0.4, -0.2) is 18.5 Å². The number of carbonyl (C=O) groups excluding carboxylic acids is 1. The highest BCUT2D eigenvalue weighted by molar-refractivity contribution is 6.35. The van der Waals surface area contributed by atoms with Gasteiger partial charge in [0.25, 0.3) is 5.91 Å². The Kier molecular flexibility index (Phi) is 5.02. The molecular weight excluding hydrogens is 271 g/mol. The first-order chi connectivity index (χ1) is 8.25. The summed E-state index contributed by atoms with van der Waals surface area (Å²) in [5.41, 5.74) is 5.93. The molecule has 5 heteroatoms. The van der Waals surface area contributed by atoms with E-state index in [1.54, 1.807) is 18.2 Å². The molecule has 0 saturated heterocycles. The molecule has 0 heterocycles. The van der Waals surface area contributed by atoms with E-state index in [0.29, 0.717) is 22.2 Å². The van der Waals surface area contributed by atoms with E-state index in [4.69, 9.17) is 28.9 Å². The van der Waals surface area contributed by atoms with Crippen LogP contribution in [0.2, 0.25) is 10.0 Å². The minimum Gasteiger partial charge on any atom is -0.347 e. The molecule has 18 heavy (non-hydrogen) atoms. The number of carbonyl (C=O) groups is 1. The first kappa shape index (κ1) is 15.3. The third-order valence-corrected chi connectivity index (χ3v) is 3.32. The van der Waals surface area contributed by atoms with Crippen LogP contribution in [0.15, 0.2) is 18.2 Å². The maximum absolute atomic E-state index is 12.1. The molecule has 0 aromatic heterocycles. The summed E-state index contributed by atoms with van der Waals surface area (Å²) in [5, 5.41) is 3.74. The van der Waals surface area contributed by atoms with Crippen molar-refractivity contribution in [1.82, 2.24) is 5.32 Å². The molecule has 1 atom stereocenters. The molecule has 0 fully saturated rings. The minimum absolute atomic E-state index is 0.116. The van der Waals surface area contributed by atoms with Crippen LogP contribution in [-0.2, 0) is 0 Å². The van der Waals surface area contributed by atoms with Gasteiger partial charge in [0, 0.05) is 17.6 Å². The van der Waals surface area contributed by atoms with Gasteiger partial charge in [0.05, 0.1) is 10.6 Å². The lowest BCUT2D eigenvalue weighted by atomic mass is 9.86. The summed E-state index contributed by atoms with van der Waals surface area (Å²) in [4.78, 5) is 12.1. The highest BCUT2D eigenvalue weighted by Crippen LogP contribution is 2.22. The van der Waals surface area contributed by atoms with Crippen LogP contribution in [0.1, 0.15) is 31.1 Å². The van der Waals surface area contributed by atoms with Gasteiger partial charge in [-0.15, -0.1) is 0 Å². The summed E-state index contributed by atoms with van der Waals surface area (Å²) in [7, 11) is 0. The first-order valence-corrected chi connectivity index (χ1v) is 6.47. The smallest absolute Gasteiger partial charge is 0.253 e. The number of rotatable bonds is 3. The van der Waals surface area contributed by atoms with Crippen LogP contribution in [0.3, 0.4) is 0 Å². The molecular formula is C13H18Cl2N2O. The largest absolute Gasteiger partial charge is 0.347 e. The average molecular weight is 289 g/mol. The molecule has 0 aliphatic rings. The molecule has 3 N–H and O–H groups in total. The highest BCUT2D eigenvalue weighted by Gasteiger charge is 2.25. The predicted molar refractivity (Wildman–Crippen MR) is 76.2 cm³/mol. The Labute approximate surface area is 118 Å². The zero-order chi connectivity index (χ0) is 13.9. The van der Waals surface area contributed by atoms with Crippen molar-refractivity contribution < 1.29 is 4.79 Å². The van der Waals surface area contributed by atoms with E-state index in [2.05, 4.69) is 5.32 Å². The number of nitrogens with two attached hydrogens (primary N) is 1. The number of nitrogens with one attached hydrogen (secondary N) is 1. The molecule has 1 unspecified atom stereocenters. The number of amides is 1. The second-order valence-electron chi connectivity index (χ2n) is 5.25. The topological polar surface area (TPSA) is 55.1 Å². The molecule has 0 bridgehead atoms. The third kappa shape index (κ3) is 3.87. The maximum Gasteiger partial charge on any atom is 0.253 e. The van der Waals surface area contributed by atoms with Crippen LogP contribution < -0.4 is 11.1 Å². The van der Waals surface area contributed by atoms with Gasteiger partial charge in [0.1, 0.15) is 0 Å². The number of halogens is 2. The standard InChI is InChI=1S/C13H18Cl2N2O/c1-13(2,3)11(7-16)17-12(18)9-6-8(14)4-5-10(9)15/h4-6,11H,7,16H2,1-3H3,(H,17,18). The molecule has 1 aromatic carbocycles. The SMILES string of the molecule is CC(C)(C)C(CN)NC(=O)c1cc(Cl)ccc1Cl. The Bertz CT molecular complexity index is 441. The van der Waals surface area contributed by atoms with E-state index in [1.807, 2.05) is 20.8 Å². The van der Waals surface area contributed by atoms with Crippen LogP contribution in [0.5, 0.6) is 0 Å². The molecule has 1 amide bonds. The lowest BCUT2D eigenvalue weighted by Gasteiger charge is -2.30. The van der Waals surface area contributed by atoms with E-state index < -0.39 is 0 Å². The second kappa shape index (κ2) is 5.91. The maximum atomic E-state index is 12.1. The van der Waals surface area contributed by atoms with Crippen molar-refractivity contribution in [3.05, 3.63) is 33.8 Å². The van der Waals surface area contributed by atoms with Crippen LogP contribution in [0, 0.1) is 5.41 Å². The van der Waals surface area contributed by atoms with Crippen molar-refractivity contribution in [2.75, 3.05) is 6.54 Å². The summed E-state index contributed by atoms with van der Waals surface area (Å²) >= 11 is 11.8. The molecule has 0 radical (unpaired) electrons. The van der Waals surface area contributed by atoms with Gasteiger partial charge in [-0.05, 0) is 23.6 Å². The summed E-state index contributed by atoms with van der Waals surface area (Å²) in [6, 6.07) is 4.67. The van der Waals surface area contributed by atoms with E-state index in [1.165, 1.54) is 0 Å². The van der Waals surface area contributed by atoms with E-state index in [9.17, 15) is 4.79 Å². The third-order valence-electron chi connectivity index (χ3n) is 2.76. The van der Waals surface area contributed by atoms with Gasteiger partial charge in [-0.25, -0.2) is 0 Å². The monoisotopic (exact) mass is 288 g/mol. The molecule has 1 rings (SSSR count). The molecule has 100 valence electrons. The summed E-state index contributed by atoms with van der Waals surface area (Å²) < 4.78 is 0. The molecule has 3 nitrogen and oxygen atoms in total. The zero-order valence-electron chi connectivity index (χ0n) is 10.8. The van der Waals surface area contributed by atoms with E-state index >= 15 is 0 Å². The molecule has 0 aliphatic heterocycles. The molecule has 0 saturated carbocycles. The lowest BCUT2D eigenvalue weighted by molar-refractivity contribution is 0.0905. The predicted octanol–water partition coefficient (Wildman–Crippen LogP) is 3.10. The number of hydrogen-bond acceptors (Lipinski definition) is 2. The van der Waals surface area contributed by atoms with Crippen LogP contribution in [0.4, 0.5) is 0 Å². The summed E-state index contributed by atoms with van der Waals surface area (Å²) in [6.07, 6.45) is 0. The van der Waals surface area contributed by atoms with E-state index in [-0.39, 0.29) is 17.4 Å². The van der Waals surface area contributed by atoms with Gasteiger partial charge in [0.15, 0.2) is 0 Å². The lowest BCUT2D eigenvalue weighted by Crippen LogP contribution is -2.48. The van der Waals surface area contributed by atoms with E-state index in [0.717, 1.165) is 0 Å². The van der Waals surface area contributed by atoms with Crippen molar-refractivity contribution in [2.24, 2.45) is 11.1 Å². The molecule has 0 spiro atoms. The fraction of sp³-hybridized carbons (Fsp3) is 0.462. The summed E-state index contributed by atoms with van der Waals surface area (Å²) in [5.74, 6) is -0.257. The number of hydrogen-bond donors (Lipinski definition) is 2. The minimum atomic E-state index is -0.257. The van der Waals surface area contributed by atoms with Gasteiger partial charge >= 0.3 is 0 Å². The Hall–Kier alpha value is -0.770. The van der Waals surface area contributed by atoms with Gasteiger partial charge in [-0.3, -0.25) is 4.79 Å².